The van der Waals surface area contributed by atoms with Gasteiger partial charge < -0.3 is 14.4 Å². The van der Waals surface area contributed by atoms with Gasteiger partial charge in [-0.15, -0.1) is 5.10 Å². The first-order chi connectivity index (χ1) is 13.7. The van der Waals surface area contributed by atoms with Gasteiger partial charge in [0.2, 0.25) is 11.1 Å². The van der Waals surface area contributed by atoms with Crippen molar-refractivity contribution in [2.24, 2.45) is 0 Å². The Kier molecular flexibility index (Phi) is 5.70. The van der Waals surface area contributed by atoms with Crippen LogP contribution in [0.5, 0.6) is 11.5 Å². The molecule has 9 heteroatoms. The number of hydrogen-bond donors (Lipinski definition) is 0. The number of benzene rings is 1. The number of aromatic nitrogens is 4. The minimum absolute atomic E-state index is 0.103. The van der Waals surface area contributed by atoms with Crippen molar-refractivity contribution < 1.29 is 14.3 Å². The quantitative estimate of drug-likeness (QED) is 0.685. The van der Waals surface area contributed by atoms with E-state index in [0.29, 0.717) is 30.6 Å². The number of rotatable bonds is 6. The lowest BCUT2D eigenvalue weighted by molar-refractivity contribution is -0.129. The summed E-state index contributed by atoms with van der Waals surface area (Å²) < 4.78 is 12.7. The Balaban J connectivity index is 1.40. The molecule has 0 bridgehead atoms. The number of methoxy groups -OCH3 is 2. The fraction of sp³-hybridized carbons (Fsp3) is 0.579. The van der Waals surface area contributed by atoms with Crippen molar-refractivity contribution in [2.75, 3.05) is 26.5 Å². The molecule has 1 amide bonds. The lowest BCUT2D eigenvalue weighted by Crippen LogP contribution is -2.37. The fourth-order valence-corrected chi connectivity index (χ4v) is 4.82. The zero-order chi connectivity index (χ0) is 19.5. The predicted molar refractivity (Wildman–Crippen MR) is 105 cm³/mol. The van der Waals surface area contributed by atoms with Gasteiger partial charge in [-0.05, 0) is 52.9 Å². The maximum absolute atomic E-state index is 12.8. The molecule has 150 valence electrons. The Morgan fingerprint density at radius 2 is 1.89 bits per heavy atom. The Labute approximate surface area is 168 Å². The molecule has 2 aliphatic rings. The molecule has 8 nitrogen and oxygen atoms in total. The van der Waals surface area contributed by atoms with Crippen molar-refractivity contribution in [3.63, 3.8) is 0 Å². The van der Waals surface area contributed by atoms with Gasteiger partial charge in [0.1, 0.15) is 0 Å². The van der Waals surface area contributed by atoms with E-state index >= 15 is 0 Å². The molecule has 1 aromatic heterocycles. The van der Waals surface area contributed by atoms with Crippen molar-refractivity contribution >= 4 is 17.7 Å². The van der Waals surface area contributed by atoms with Crippen molar-refractivity contribution in [1.29, 1.82) is 0 Å². The molecule has 4 rings (SSSR count). The van der Waals surface area contributed by atoms with Crippen molar-refractivity contribution in [3.05, 3.63) is 23.3 Å². The average molecular weight is 404 g/mol. The second-order valence-electron chi connectivity index (χ2n) is 7.17. The summed E-state index contributed by atoms with van der Waals surface area (Å²) in [6, 6.07) is 4.36. The highest BCUT2D eigenvalue weighted by atomic mass is 32.2. The molecule has 28 heavy (non-hydrogen) atoms. The highest BCUT2D eigenvalue weighted by Gasteiger charge is 2.25. The minimum atomic E-state index is 0.103. The van der Waals surface area contributed by atoms with Gasteiger partial charge in [0.05, 0.1) is 26.0 Å². The van der Waals surface area contributed by atoms with Gasteiger partial charge >= 0.3 is 0 Å². The van der Waals surface area contributed by atoms with E-state index in [-0.39, 0.29) is 5.91 Å². The number of ether oxygens (including phenoxy) is 2. The Morgan fingerprint density at radius 1 is 1.18 bits per heavy atom. The van der Waals surface area contributed by atoms with Crippen LogP contribution >= 0.6 is 11.8 Å². The van der Waals surface area contributed by atoms with Crippen LogP contribution in [-0.4, -0.2) is 57.5 Å². The van der Waals surface area contributed by atoms with Gasteiger partial charge in [-0.25, -0.2) is 4.68 Å². The van der Waals surface area contributed by atoms with E-state index in [4.69, 9.17) is 9.47 Å². The van der Waals surface area contributed by atoms with Crippen molar-refractivity contribution in [1.82, 2.24) is 25.1 Å². The maximum atomic E-state index is 12.8. The Hall–Kier alpha value is -2.29. The molecule has 1 aromatic carbocycles. The largest absolute Gasteiger partial charge is 0.493 e. The molecule has 0 unspecified atom stereocenters. The highest BCUT2D eigenvalue weighted by Crippen LogP contribution is 2.34. The summed E-state index contributed by atoms with van der Waals surface area (Å²) in [4.78, 5) is 14.7. The third-order valence-electron chi connectivity index (χ3n) is 5.53. The van der Waals surface area contributed by atoms with E-state index in [1.165, 1.54) is 30.2 Å². The summed E-state index contributed by atoms with van der Waals surface area (Å²) in [7, 11) is 3.26. The zero-order valence-corrected chi connectivity index (χ0v) is 17.1. The lowest BCUT2D eigenvalue weighted by Gasteiger charge is -2.29. The number of carbonyl (C=O) groups is 1. The number of hydrogen-bond acceptors (Lipinski definition) is 7. The summed E-state index contributed by atoms with van der Waals surface area (Å²) in [5.41, 5.74) is 2.32. The number of thioether (sulfide) groups is 1. The van der Waals surface area contributed by atoms with E-state index < -0.39 is 0 Å². The molecule has 2 aromatic rings. The summed E-state index contributed by atoms with van der Waals surface area (Å²) in [6.07, 6.45) is 5.47. The molecular weight excluding hydrogens is 378 g/mol. The fourth-order valence-electron chi connectivity index (χ4n) is 3.97. The van der Waals surface area contributed by atoms with E-state index in [1.54, 1.807) is 14.2 Å². The maximum Gasteiger partial charge on any atom is 0.233 e. The molecular formula is C19H25N5O3S. The second-order valence-corrected chi connectivity index (χ2v) is 8.12. The summed E-state index contributed by atoms with van der Waals surface area (Å²) in [5, 5.41) is 12.8. The monoisotopic (exact) mass is 403 g/mol. The van der Waals surface area contributed by atoms with Gasteiger partial charge in [0, 0.05) is 13.1 Å². The second kappa shape index (κ2) is 8.38. The molecule has 2 heterocycles. The molecule has 0 radical (unpaired) electrons. The number of tetrazole rings is 1. The highest BCUT2D eigenvalue weighted by molar-refractivity contribution is 7.99. The first-order valence-corrected chi connectivity index (χ1v) is 10.6. The van der Waals surface area contributed by atoms with E-state index in [1.807, 2.05) is 21.7 Å². The van der Waals surface area contributed by atoms with Crippen LogP contribution in [0.1, 0.15) is 42.9 Å². The first-order valence-electron chi connectivity index (χ1n) is 9.62. The van der Waals surface area contributed by atoms with Crippen LogP contribution in [0.3, 0.4) is 0 Å². The summed E-state index contributed by atoms with van der Waals surface area (Å²) >= 11 is 1.43. The van der Waals surface area contributed by atoms with Crippen LogP contribution in [0, 0.1) is 0 Å². The Morgan fingerprint density at radius 3 is 2.61 bits per heavy atom. The number of carbonyl (C=O) groups excluding carboxylic acids is 1. The van der Waals surface area contributed by atoms with Crippen LogP contribution in [0.15, 0.2) is 17.3 Å². The molecule has 1 saturated carbocycles. The van der Waals surface area contributed by atoms with Gasteiger partial charge in [0.25, 0.3) is 0 Å². The van der Waals surface area contributed by atoms with Gasteiger partial charge in [-0.1, -0.05) is 24.6 Å². The van der Waals surface area contributed by atoms with Crippen molar-refractivity contribution in [2.45, 2.75) is 49.8 Å². The smallest absolute Gasteiger partial charge is 0.233 e. The normalized spacial score (nSPS) is 16.9. The first kappa shape index (κ1) is 19.0. The topological polar surface area (TPSA) is 82.4 Å². The zero-order valence-electron chi connectivity index (χ0n) is 16.3. The van der Waals surface area contributed by atoms with Crippen LogP contribution < -0.4 is 9.47 Å². The average Bonchev–Trinajstić information content (AvgIpc) is 3.41. The van der Waals surface area contributed by atoms with Crippen LogP contribution in [0.4, 0.5) is 0 Å². The minimum Gasteiger partial charge on any atom is -0.493 e. The summed E-state index contributed by atoms with van der Waals surface area (Å²) in [5.74, 6) is 1.87. The SMILES string of the molecule is COc1cc2c(cc1OC)CN(C(=O)CSc1nnnn1C1CCCC1)CC2. The van der Waals surface area contributed by atoms with Crippen molar-refractivity contribution in [3.8, 4) is 11.5 Å². The molecule has 0 N–H and O–H groups in total. The van der Waals surface area contributed by atoms with E-state index in [9.17, 15) is 4.79 Å². The third-order valence-corrected chi connectivity index (χ3v) is 6.45. The van der Waals surface area contributed by atoms with Gasteiger partial charge in [-0.3, -0.25) is 4.79 Å². The van der Waals surface area contributed by atoms with Crippen LogP contribution in [-0.2, 0) is 17.8 Å². The predicted octanol–water partition coefficient (Wildman–Crippen LogP) is 2.48. The number of amides is 1. The van der Waals surface area contributed by atoms with Crippen LogP contribution in [0.25, 0.3) is 0 Å². The van der Waals surface area contributed by atoms with E-state index in [0.717, 1.165) is 35.7 Å². The van der Waals surface area contributed by atoms with Gasteiger partial charge in [-0.2, -0.15) is 0 Å². The molecule has 0 spiro atoms. The van der Waals surface area contributed by atoms with Gasteiger partial charge in [0.15, 0.2) is 11.5 Å². The third kappa shape index (κ3) is 3.80. The molecule has 0 saturated heterocycles. The molecule has 0 atom stereocenters. The number of fused-ring (bicyclic) bond motifs is 1. The lowest BCUT2D eigenvalue weighted by atomic mass is 9.99. The standard InChI is InChI=1S/C19H25N5O3S/c1-26-16-9-13-7-8-23(11-14(13)10-17(16)27-2)18(25)12-28-19-20-21-22-24(19)15-5-3-4-6-15/h9-10,15H,3-8,11-12H2,1-2H3. The Bertz CT molecular complexity index is 850. The molecule has 1 aliphatic carbocycles. The molecule has 1 aliphatic heterocycles. The number of nitrogens with zero attached hydrogens (tertiary/aromatic N) is 5. The van der Waals surface area contributed by atoms with Crippen LogP contribution in [0.2, 0.25) is 0 Å². The summed E-state index contributed by atoms with van der Waals surface area (Å²) in [6.45, 7) is 1.29. The van der Waals surface area contributed by atoms with E-state index in [2.05, 4.69) is 15.5 Å². The molecule has 1 fully saturated rings.